The fraction of sp³-hybridized carbons (Fsp3) is 0.462. The molecule has 0 spiro atoms. The van der Waals surface area contributed by atoms with E-state index in [1.54, 1.807) is 25.1 Å². The molecule has 1 aromatic carbocycles. The zero-order valence-electron chi connectivity index (χ0n) is 10.4. The van der Waals surface area contributed by atoms with E-state index in [4.69, 9.17) is 22.7 Å². The number of ether oxygens (including phenoxy) is 1. The molecule has 0 aliphatic carbocycles. The average Bonchev–Trinajstić information content (AvgIpc) is 2.24. The summed E-state index contributed by atoms with van der Waals surface area (Å²) in [6.45, 7) is 6.00. The third-order valence-electron chi connectivity index (χ3n) is 2.81. The lowest BCUT2D eigenvalue weighted by Crippen LogP contribution is -2.31. The van der Waals surface area contributed by atoms with Gasteiger partial charge in [0.15, 0.2) is 11.6 Å². The Bertz CT molecular complexity index is 418. The van der Waals surface area contributed by atoms with E-state index in [0.29, 0.717) is 23.6 Å². The first-order valence-corrected chi connectivity index (χ1v) is 5.93. The van der Waals surface area contributed by atoms with Gasteiger partial charge in [0.2, 0.25) is 0 Å². The van der Waals surface area contributed by atoms with Crippen LogP contribution in [-0.4, -0.2) is 11.6 Å². The highest BCUT2D eigenvalue weighted by Gasteiger charge is 2.21. The molecule has 4 heteroatoms. The summed E-state index contributed by atoms with van der Waals surface area (Å²) < 4.78 is 19.0. The van der Waals surface area contributed by atoms with Gasteiger partial charge >= 0.3 is 0 Å². The SMILES string of the molecule is Cc1cccc(OCCC(C)(C)C(N)=S)c1F. The highest BCUT2D eigenvalue weighted by molar-refractivity contribution is 7.80. The smallest absolute Gasteiger partial charge is 0.167 e. The number of hydrogen-bond acceptors (Lipinski definition) is 2. The lowest BCUT2D eigenvalue weighted by Gasteiger charge is -2.22. The van der Waals surface area contributed by atoms with E-state index < -0.39 is 0 Å². The number of hydrogen-bond donors (Lipinski definition) is 1. The largest absolute Gasteiger partial charge is 0.490 e. The molecule has 0 atom stereocenters. The molecule has 17 heavy (non-hydrogen) atoms. The van der Waals surface area contributed by atoms with Gasteiger partial charge in [-0.3, -0.25) is 0 Å². The van der Waals surface area contributed by atoms with E-state index in [1.807, 2.05) is 13.8 Å². The van der Waals surface area contributed by atoms with E-state index in [1.165, 1.54) is 0 Å². The Kier molecular flexibility index (Phi) is 4.46. The quantitative estimate of drug-likeness (QED) is 0.821. The zero-order chi connectivity index (χ0) is 13.1. The first kappa shape index (κ1) is 13.9. The Morgan fingerprint density at radius 1 is 1.47 bits per heavy atom. The molecule has 0 fully saturated rings. The summed E-state index contributed by atoms with van der Waals surface area (Å²) in [7, 11) is 0. The van der Waals surface area contributed by atoms with Crippen molar-refractivity contribution in [3.8, 4) is 5.75 Å². The third-order valence-corrected chi connectivity index (χ3v) is 3.36. The monoisotopic (exact) mass is 255 g/mol. The Morgan fingerprint density at radius 2 is 2.12 bits per heavy atom. The minimum absolute atomic E-state index is 0.268. The van der Waals surface area contributed by atoms with Crippen LogP contribution in [0.25, 0.3) is 0 Å². The summed E-state index contributed by atoms with van der Waals surface area (Å²) in [6, 6.07) is 5.10. The second-order valence-corrected chi connectivity index (χ2v) is 5.17. The fourth-order valence-electron chi connectivity index (χ4n) is 1.27. The zero-order valence-corrected chi connectivity index (χ0v) is 11.2. The van der Waals surface area contributed by atoms with Crippen molar-refractivity contribution in [2.75, 3.05) is 6.61 Å². The molecule has 2 N–H and O–H groups in total. The minimum Gasteiger partial charge on any atom is -0.490 e. The standard InChI is InChI=1S/C13H18FNOS/c1-9-5-4-6-10(11(9)14)16-8-7-13(2,3)12(15)17/h4-6H,7-8H2,1-3H3,(H2,15,17). The molecule has 0 saturated carbocycles. The van der Waals surface area contributed by atoms with E-state index in [-0.39, 0.29) is 17.0 Å². The normalized spacial score (nSPS) is 11.3. The number of halogens is 1. The molecule has 0 radical (unpaired) electrons. The van der Waals surface area contributed by atoms with E-state index >= 15 is 0 Å². The van der Waals surface area contributed by atoms with Crippen LogP contribution in [0.15, 0.2) is 18.2 Å². The van der Waals surface area contributed by atoms with Gasteiger partial charge in [-0.1, -0.05) is 38.2 Å². The van der Waals surface area contributed by atoms with Gasteiger partial charge < -0.3 is 10.5 Å². The topological polar surface area (TPSA) is 35.2 Å². The van der Waals surface area contributed by atoms with Gasteiger partial charge in [-0.05, 0) is 25.0 Å². The molecule has 94 valence electrons. The molecule has 0 aliphatic rings. The van der Waals surface area contributed by atoms with Crippen LogP contribution in [0.5, 0.6) is 5.75 Å². The Labute approximate surface area is 107 Å². The van der Waals surface area contributed by atoms with Gasteiger partial charge in [-0.2, -0.15) is 0 Å². The van der Waals surface area contributed by atoms with Crippen LogP contribution in [0.4, 0.5) is 4.39 Å². The molecule has 0 saturated heterocycles. The van der Waals surface area contributed by atoms with E-state index in [2.05, 4.69) is 0 Å². The summed E-state index contributed by atoms with van der Waals surface area (Å²) in [4.78, 5) is 0.450. The first-order chi connectivity index (χ1) is 7.84. The summed E-state index contributed by atoms with van der Waals surface area (Å²) in [5.41, 5.74) is 5.92. The predicted molar refractivity (Wildman–Crippen MR) is 71.8 cm³/mol. The lowest BCUT2D eigenvalue weighted by atomic mass is 9.90. The second kappa shape index (κ2) is 5.45. The van der Waals surface area contributed by atoms with Crippen molar-refractivity contribution < 1.29 is 9.13 Å². The lowest BCUT2D eigenvalue weighted by molar-refractivity contribution is 0.259. The van der Waals surface area contributed by atoms with Crippen LogP contribution in [-0.2, 0) is 0 Å². The number of aryl methyl sites for hydroxylation is 1. The van der Waals surface area contributed by atoms with Gasteiger partial charge in [-0.25, -0.2) is 4.39 Å². The summed E-state index contributed by atoms with van der Waals surface area (Å²) in [6.07, 6.45) is 0.662. The molecular weight excluding hydrogens is 237 g/mol. The molecule has 0 bridgehead atoms. The van der Waals surface area contributed by atoms with Gasteiger partial charge in [0, 0.05) is 5.41 Å². The first-order valence-electron chi connectivity index (χ1n) is 5.52. The third kappa shape index (κ3) is 3.66. The van der Waals surface area contributed by atoms with Gasteiger partial charge in [0.05, 0.1) is 11.6 Å². The number of thiocarbonyl (C=S) groups is 1. The number of nitrogens with two attached hydrogens (primary N) is 1. The number of rotatable bonds is 5. The van der Waals surface area contributed by atoms with Crippen LogP contribution in [0.2, 0.25) is 0 Å². The molecule has 0 heterocycles. The minimum atomic E-state index is -0.305. The second-order valence-electron chi connectivity index (χ2n) is 4.73. The van der Waals surface area contributed by atoms with Crippen LogP contribution in [0.3, 0.4) is 0 Å². The van der Waals surface area contributed by atoms with Crippen LogP contribution in [0, 0.1) is 18.2 Å². The predicted octanol–water partition coefficient (Wildman–Crippen LogP) is 3.22. The van der Waals surface area contributed by atoms with Gasteiger partial charge in [0.1, 0.15) is 0 Å². The highest BCUT2D eigenvalue weighted by atomic mass is 32.1. The maximum atomic E-state index is 13.6. The van der Waals surface area contributed by atoms with Gasteiger partial charge in [0.25, 0.3) is 0 Å². The molecule has 0 amide bonds. The number of benzene rings is 1. The van der Waals surface area contributed by atoms with Crippen molar-refractivity contribution >= 4 is 17.2 Å². The maximum Gasteiger partial charge on any atom is 0.167 e. The molecular formula is C13H18FNOS. The van der Waals surface area contributed by atoms with Gasteiger partial charge in [-0.15, -0.1) is 0 Å². The van der Waals surface area contributed by atoms with Crippen molar-refractivity contribution in [2.45, 2.75) is 27.2 Å². The molecule has 1 aromatic rings. The van der Waals surface area contributed by atoms with E-state index in [9.17, 15) is 4.39 Å². The average molecular weight is 255 g/mol. The molecule has 0 aromatic heterocycles. The summed E-state index contributed by atoms with van der Waals surface area (Å²) in [5.74, 6) is -0.0237. The van der Waals surface area contributed by atoms with Crippen molar-refractivity contribution in [3.05, 3.63) is 29.6 Å². The van der Waals surface area contributed by atoms with Crippen molar-refractivity contribution in [1.82, 2.24) is 0 Å². The van der Waals surface area contributed by atoms with Crippen LogP contribution in [0.1, 0.15) is 25.8 Å². The van der Waals surface area contributed by atoms with Crippen LogP contribution >= 0.6 is 12.2 Å². The summed E-state index contributed by atoms with van der Waals surface area (Å²) >= 11 is 4.96. The molecule has 2 nitrogen and oxygen atoms in total. The Balaban J connectivity index is 2.58. The molecule has 0 unspecified atom stereocenters. The molecule has 0 aliphatic heterocycles. The molecule has 1 rings (SSSR count). The van der Waals surface area contributed by atoms with Crippen LogP contribution < -0.4 is 10.5 Å². The van der Waals surface area contributed by atoms with Crippen molar-refractivity contribution in [2.24, 2.45) is 11.1 Å². The maximum absolute atomic E-state index is 13.6. The summed E-state index contributed by atoms with van der Waals surface area (Å²) in [5, 5.41) is 0. The Morgan fingerprint density at radius 3 is 2.71 bits per heavy atom. The van der Waals surface area contributed by atoms with E-state index in [0.717, 1.165) is 0 Å². The Hall–Kier alpha value is -1.16. The fourth-order valence-corrected chi connectivity index (χ4v) is 1.37. The highest BCUT2D eigenvalue weighted by Crippen LogP contribution is 2.23. The van der Waals surface area contributed by atoms with Crippen molar-refractivity contribution in [1.29, 1.82) is 0 Å². The van der Waals surface area contributed by atoms with Crippen molar-refractivity contribution in [3.63, 3.8) is 0 Å².